The van der Waals surface area contributed by atoms with E-state index in [1.807, 2.05) is 31.2 Å². The fourth-order valence-electron chi connectivity index (χ4n) is 2.84. The van der Waals surface area contributed by atoms with Crippen molar-refractivity contribution in [3.8, 4) is 11.4 Å². The lowest BCUT2D eigenvalue weighted by atomic mass is 9.86. The Labute approximate surface area is 166 Å². The van der Waals surface area contributed by atoms with Gasteiger partial charge in [-0.3, -0.25) is 4.79 Å². The molecular formula is C23H27N3O2. The number of nitrogens with one attached hydrogen (secondary N) is 1. The van der Waals surface area contributed by atoms with Crippen molar-refractivity contribution in [2.24, 2.45) is 0 Å². The van der Waals surface area contributed by atoms with E-state index in [9.17, 15) is 4.79 Å². The maximum atomic E-state index is 12.1. The number of rotatable bonds is 6. The second-order valence-corrected chi connectivity index (χ2v) is 8.10. The minimum absolute atomic E-state index is 0.0324. The van der Waals surface area contributed by atoms with E-state index in [-0.39, 0.29) is 17.9 Å². The van der Waals surface area contributed by atoms with Gasteiger partial charge in [-0.25, -0.2) is 0 Å². The van der Waals surface area contributed by atoms with Gasteiger partial charge in [-0.1, -0.05) is 80.0 Å². The zero-order chi connectivity index (χ0) is 20.1. The first-order valence-corrected chi connectivity index (χ1v) is 9.57. The minimum Gasteiger partial charge on any atom is -0.347 e. The predicted octanol–water partition coefficient (Wildman–Crippen LogP) is 4.59. The highest BCUT2D eigenvalue weighted by molar-refractivity contribution is 5.76. The average Bonchev–Trinajstić information content (AvgIpc) is 3.14. The second-order valence-electron chi connectivity index (χ2n) is 8.10. The first-order valence-electron chi connectivity index (χ1n) is 9.57. The van der Waals surface area contributed by atoms with Crippen LogP contribution >= 0.6 is 0 Å². The van der Waals surface area contributed by atoms with E-state index < -0.39 is 0 Å². The highest BCUT2D eigenvalue weighted by Gasteiger charge is 2.13. The van der Waals surface area contributed by atoms with Crippen LogP contribution < -0.4 is 5.32 Å². The average molecular weight is 377 g/mol. The molecule has 0 aliphatic rings. The summed E-state index contributed by atoms with van der Waals surface area (Å²) in [7, 11) is 0. The molecule has 0 aliphatic heterocycles. The molecule has 3 rings (SSSR count). The molecule has 0 bridgehead atoms. The van der Waals surface area contributed by atoms with E-state index in [4.69, 9.17) is 4.52 Å². The molecule has 0 saturated carbocycles. The highest BCUT2D eigenvalue weighted by Crippen LogP contribution is 2.22. The number of nitrogens with zero attached hydrogens (tertiary/aromatic N) is 2. The summed E-state index contributed by atoms with van der Waals surface area (Å²) in [5.74, 6) is 0.900. The Balaban J connectivity index is 1.47. The van der Waals surface area contributed by atoms with E-state index in [2.05, 4.69) is 60.5 Å². The second kappa shape index (κ2) is 8.38. The Bertz CT molecular complexity index is 920. The summed E-state index contributed by atoms with van der Waals surface area (Å²) in [6, 6.07) is 16.4. The number of carbonyl (C=O) groups excluding carboxylic acids is 1. The highest BCUT2D eigenvalue weighted by atomic mass is 16.5. The van der Waals surface area contributed by atoms with Crippen molar-refractivity contribution < 1.29 is 9.32 Å². The van der Waals surface area contributed by atoms with Gasteiger partial charge in [0.1, 0.15) is 0 Å². The molecule has 3 aromatic rings. The maximum absolute atomic E-state index is 12.1. The molecule has 5 heteroatoms. The summed E-state index contributed by atoms with van der Waals surface area (Å²) in [6.07, 6.45) is 1.13. The van der Waals surface area contributed by atoms with Crippen LogP contribution in [-0.4, -0.2) is 16.0 Å². The van der Waals surface area contributed by atoms with Gasteiger partial charge < -0.3 is 9.84 Å². The molecule has 0 atom stereocenters. The fraction of sp³-hybridized carbons (Fsp3) is 0.348. The van der Waals surface area contributed by atoms with Crippen molar-refractivity contribution in [1.29, 1.82) is 0 Å². The van der Waals surface area contributed by atoms with E-state index >= 15 is 0 Å². The third-order valence-electron chi connectivity index (χ3n) is 4.68. The summed E-state index contributed by atoms with van der Waals surface area (Å²) in [5.41, 5.74) is 4.65. The summed E-state index contributed by atoms with van der Waals surface area (Å²) >= 11 is 0. The topological polar surface area (TPSA) is 68.0 Å². The smallest absolute Gasteiger partial charge is 0.246 e. The lowest BCUT2D eigenvalue weighted by molar-refractivity contribution is -0.121. The molecule has 0 aliphatic carbocycles. The quantitative estimate of drug-likeness (QED) is 0.682. The monoisotopic (exact) mass is 377 g/mol. The molecular weight excluding hydrogens is 350 g/mol. The van der Waals surface area contributed by atoms with Crippen molar-refractivity contribution in [3.63, 3.8) is 0 Å². The Morgan fingerprint density at radius 3 is 2.36 bits per heavy atom. The SMILES string of the molecule is Cc1ccc(-c2noc(CNC(=O)CCc3ccc(C(C)(C)C)cc3)n2)cc1. The van der Waals surface area contributed by atoms with Gasteiger partial charge in [-0.2, -0.15) is 4.98 Å². The van der Waals surface area contributed by atoms with Gasteiger partial charge in [0.05, 0.1) is 6.54 Å². The van der Waals surface area contributed by atoms with E-state index in [0.717, 1.165) is 11.1 Å². The number of aromatic nitrogens is 2. The van der Waals surface area contributed by atoms with E-state index in [1.54, 1.807) is 0 Å². The zero-order valence-corrected chi connectivity index (χ0v) is 17.0. The van der Waals surface area contributed by atoms with Gasteiger partial charge in [0.2, 0.25) is 17.6 Å². The fourth-order valence-corrected chi connectivity index (χ4v) is 2.84. The largest absolute Gasteiger partial charge is 0.347 e. The third kappa shape index (κ3) is 5.28. The Morgan fingerprint density at radius 1 is 1.04 bits per heavy atom. The van der Waals surface area contributed by atoms with Crippen LogP contribution in [0.5, 0.6) is 0 Å². The number of hydrogen-bond acceptors (Lipinski definition) is 4. The molecule has 28 heavy (non-hydrogen) atoms. The van der Waals surface area contributed by atoms with E-state index in [0.29, 0.717) is 24.6 Å². The number of amides is 1. The lowest BCUT2D eigenvalue weighted by Crippen LogP contribution is -2.23. The summed E-state index contributed by atoms with van der Waals surface area (Å²) in [5, 5.41) is 6.82. The van der Waals surface area contributed by atoms with Crippen molar-refractivity contribution in [2.45, 2.75) is 52.5 Å². The van der Waals surface area contributed by atoms with Crippen LogP contribution in [0.2, 0.25) is 0 Å². The van der Waals surface area contributed by atoms with Gasteiger partial charge in [-0.05, 0) is 29.9 Å². The molecule has 1 N–H and O–H groups in total. The Morgan fingerprint density at radius 2 is 1.71 bits per heavy atom. The maximum Gasteiger partial charge on any atom is 0.246 e. The van der Waals surface area contributed by atoms with Gasteiger partial charge in [0, 0.05) is 12.0 Å². The third-order valence-corrected chi connectivity index (χ3v) is 4.68. The molecule has 0 fully saturated rings. The number of benzene rings is 2. The lowest BCUT2D eigenvalue weighted by Gasteiger charge is -2.19. The van der Waals surface area contributed by atoms with Gasteiger partial charge in [-0.15, -0.1) is 0 Å². The van der Waals surface area contributed by atoms with Crippen molar-refractivity contribution >= 4 is 5.91 Å². The number of carbonyl (C=O) groups is 1. The van der Waals surface area contributed by atoms with Crippen molar-refractivity contribution in [2.75, 3.05) is 0 Å². The summed E-state index contributed by atoms with van der Waals surface area (Å²) in [6.45, 7) is 8.84. The first kappa shape index (κ1) is 19.8. The van der Waals surface area contributed by atoms with Gasteiger partial charge in [0.25, 0.3) is 0 Å². The van der Waals surface area contributed by atoms with Crippen LogP contribution in [0.15, 0.2) is 53.1 Å². The molecule has 1 heterocycles. The molecule has 0 unspecified atom stereocenters. The van der Waals surface area contributed by atoms with E-state index in [1.165, 1.54) is 11.1 Å². The summed E-state index contributed by atoms with van der Waals surface area (Å²) in [4.78, 5) is 16.5. The first-order chi connectivity index (χ1) is 13.3. The Hall–Kier alpha value is -2.95. The predicted molar refractivity (Wildman–Crippen MR) is 110 cm³/mol. The molecule has 1 amide bonds. The molecule has 2 aromatic carbocycles. The van der Waals surface area contributed by atoms with Crippen molar-refractivity contribution in [3.05, 3.63) is 71.1 Å². The molecule has 146 valence electrons. The van der Waals surface area contributed by atoms with Crippen LogP contribution in [0.3, 0.4) is 0 Å². The zero-order valence-electron chi connectivity index (χ0n) is 17.0. The molecule has 1 aromatic heterocycles. The van der Waals surface area contributed by atoms with Crippen molar-refractivity contribution in [1.82, 2.24) is 15.5 Å². The molecule has 0 radical (unpaired) electrons. The Kier molecular flexibility index (Phi) is 5.93. The van der Waals surface area contributed by atoms with Crippen LogP contribution in [-0.2, 0) is 23.2 Å². The summed E-state index contributed by atoms with van der Waals surface area (Å²) < 4.78 is 5.23. The van der Waals surface area contributed by atoms with Crippen LogP contribution in [0, 0.1) is 6.92 Å². The molecule has 0 saturated heterocycles. The normalized spacial score (nSPS) is 11.4. The van der Waals surface area contributed by atoms with Gasteiger partial charge >= 0.3 is 0 Å². The van der Waals surface area contributed by atoms with Crippen LogP contribution in [0.25, 0.3) is 11.4 Å². The minimum atomic E-state index is -0.0324. The number of aryl methyl sites for hydroxylation is 2. The number of hydrogen-bond donors (Lipinski definition) is 1. The van der Waals surface area contributed by atoms with Crippen LogP contribution in [0.1, 0.15) is 49.8 Å². The van der Waals surface area contributed by atoms with Crippen LogP contribution in [0.4, 0.5) is 0 Å². The molecule has 0 spiro atoms. The van der Waals surface area contributed by atoms with Gasteiger partial charge in [0.15, 0.2) is 0 Å². The molecule has 5 nitrogen and oxygen atoms in total. The standard InChI is InChI=1S/C23H27N3O2/c1-16-5-10-18(11-6-16)22-25-21(28-26-22)15-24-20(27)14-9-17-7-12-19(13-8-17)23(2,3)4/h5-8,10-13H,9,14-15H2,1-4H3,(H,24,27).